The van der Waals surface area contributed by atoms with Gasteiger partial charge in [-0.2, -0.15) is 0 Å². The quantitative estimate of drug-likeness (QED) is 0.298. The number of hydrogen-bond donors (Lipinski definition) is 2. The van der Waals surface area contributed by atoms with Crippen LogP contribution >= 0.6 is 35.3 Å². The van der Waals surface area contributed by atoms with Gasteiger partial charge in [0.25, 0.3) is 0 Å². The molecule has 0 atom stereocenters. The number of ether oxygens (including phenoxy) is 1. The van der Waals surface area contributed by atoms with E-state index < -0.39 is 0 Å². The lowest BCUT2D eigenvalue weighted by Crippen LogP contribution is -2.37. The Morgan fingerprint density at radius 2 is 2.20 bits per heavy atom. The SMILES string of the molecule is CCOCCCNC(=NC)NCc1csc(CC)n1.I. The molecule has 0 radical (unpaired) electrons. The van der Waals surface area contributed by atoms with Gasteiger partial charge in [-0.05, 0) is 19.8 Å². The predicted octanol–water partition coefficient (Wildman–Crippen LogP) is 2.42. The van der Waals surface area contributed by atoms with E-state index >= 15 is 0 Å². The van der Waals surface area contributed by atoms with E-state index in [4.69, 9.17) is 4.74 Å². The van der Waals surface area contributed by atoms with Gasteiger partial charge in [-0.3, -0.25) is 4.99 Å². The fraction of sp³-hybridized carbons (Fsp3) is 0.692. The number of nitrogens with one attached hydrogen (secondary N) is 2. The molecule has 20 heavy (non-hydrogen) atoms. The van der Waals surface area contributed by atoms with E-state index in [0.717, 1.165) is 44.3 Å². The van der Waals surface area contributed by atoms with Gasteiger partial charge < -0.3 is 15.4 Å². The van der Waals surface area contributed by atoms with Crippen LogP contribution in [0.25, 0.3) is 0 Å². The van der Waals surface area contributed by atoms with Crippen molar-refractivity contribution in [1.82, 2.24) is 15.6 Å². The summed E-state index contributed by atoms with van der Waals surface area (Å²) >= 11 is 1.71. The van der Waals surface area contributed by atoms with Gasteiger partial charge in [0.15, 0.2) is 5.96 Å². The molecular weight excluding hydrogens is 387 g/mol. The first kappa shape index (κ1) is 19.6. The number of aromatic nitrogens is 1. The van der Waals surface area contributed by atoms with E-state index in [0.29, 0.717) is 6.54 Å². The lowest BCUT2D eigenvalue weighted by molar-refractivity contribution is 0.145. The van der Waals surface area contributed by atoms with Crippen LogP contribution in [0.5, 0.6) is 0 Å². The Balaban J connectivity index is 0.00000361. The fourth-order valence-electron chi connectivity index (χ4n) is 1.51. The number of hydrogen-bond acceptors (Lipinski definition) is 4. The molecule has 0 saturated heterocycles. The highest BCUT2D eigenvalue weighted by molar-refractivity contribution is 14.0. The van der Waals surface area contributed by atoms with Crippen LogP contribution in [0.1, 0.15) is 31.0 Å². The van der Waals surface area contributed by atoms with Gasteiger partial charge in [0, 0.05) is 32.2 Å². The smallest absolute Gasteiger partial charge is 0.191 e. The molecule has 116 valence electrons. The maximum Gasteiger partial charge on any atom is 0.191 e. The minimum absolute atomic E-state index is 0. The molecule has 0 fully saturated rings. The molecule has 1 rings (SSSR count). The van der Waals surface area contributed by atoms with E-state index in [9.17, 15) is 0 Å². The van der Waals surface area contributed by atoms with Crippen LogP contribution in [0, 0.1) is 0 Å². The summed E-state index contributed by atoms with van der Waals surface area (Å²) in [6.07, 6.45) is 1.97. The first-order valence-electron chi connectivity index (χ1n) is 6.75. The van der Waals surface area contributed by atoms with Crippen LogP contribution in [0.4, 0.5) is 0 Å². The Kier molecular flexibility index (Phi) is 12.1. The Labute approximate surface area is 142 Å². The highest BCUT2D eigenvalue weighted by Crippen LogP contribution is 2.09. The number of aryl methyl sites for hydroxylation is 1. The van der Waals surface area contributed by atoms with Crippen molar-refractivity contribution >= 4 is 41.3 Å². The standard InChI is InChI=1S/C13H24N4OS.HI/c1-4-12-17-11(10-19-12)9-16-13(14-3)15-7-6-8-18-5-2;/h10H,4-9H2,1-3H3,(H2,14,15,16);1H. The third kappa shape index (κ3) is 8.01. The van der Waals surface area contributed by atoms with Crippen molar-refractivity contribution in [3.63, 3.8) is 0 Å². The van der Waals surface area contributed by atoms with Gasteiger partial charge in [0.2, 0.25) is 0 Å². The second-order valence-corrected chi connectivity index (χ2v) is 4.93. The molecule has 0 saturated carbocycles. The van der Waals surface area contributed by atoms with Gasteiger partial charge >= 0.3 is 0 Å². The predicted molar refractivity (Wildman–Crippen MR) is 96.2 cm³/mol. The Morgan fingerprint density at radius 1 is 1.40 bits per heavy atom. The first-order chi connectivity index (χ1) is 9.30. The molecule has 0 aromatic carbocycles. The van der Waals surface area contributed by atoms with Gasteiger partial charge in [-0.1, -0.05) is 6.92 Å². The molecule has 0 bridgehead atoms. The van der Waals surface area contributed by atoms with E-state index in [2.05, 4.69) is 32.9 Å². The summed E-state index contributed by atoms with van der Waals surface area (Å²) in [6, 6.07) is 0. The molecule has 0 aliphatic rings. The monoisotopic (exact) mass is 412 g/mol. The van der Waals surface area contributed by atoms with E-state index in [1.165, 1.54) is 5.01 Å². The van der Waals surface area contributed by atoms with Crippen molar-refractivity contribution in [3.05, 3.63) is 16.1 Å². The van der Waals surface area contributed by atoms with Gasteiger partial charge in [0.05, 0.1) is 17.2 Å². The Bertz CT molecular complexity index is 384. The molecule has 1 aromatic rings. The maximum absolute atomic E-state index is 5.28. The third-order valence-corrected chi connectivity index (χ3v) is 3.57. The zero-order valence-electron chi connectivity index (χ0n) is 12.4. The summed E-state index contributed by atoms with van der Waals surface area (Å²) in [5, 5.41) is 9.78. The van der Waals surface area contributed by atoms with Gasteiger partial charge in [0.1, 0.15) is 0 Å². The molecule has 1 heterocycles. The van der Waals surface area contributed by atoms with Gasteiger partial charge in [-0.25, -0.2) is 4.98 Å². The summed E-state index contributed by atoms with van der Waals surface area (Å²) in [5.74, 6) is 0.808. The summed E-state index contributed by atoms with van der Waals surface area (Å²) in [5.41, 5.74) is 1.07. The second-order valence-electron chi connectivity index (χ2n) is 3.99. The van der Waals surface area contributed by atoms with E-state index in [1.54, 1.807) is 18.4 Å². The van der Waals surface area contributed by atoms with E-state index in [1.807, 2.05) is 6.92 Å². The molecule has 1 aromatic heterocycles. The summed E-state index contributed by atoms with van der Waals surface area (Å²) in [6.45, 7) is 7.25. The van der Waals surface area contributed by atoms with Crippen LogP contribution in [-0.2, 0) is 17.7 Å². The fourth-order valence-corrected chi connectivity index (χ4v) is 2.26. The van der Waals surface area contributed by atoms with Crippen molar-refractivity contribution < 1.29 is 4.74 Å². The number of nitrogens with zero attached hydrogens (tertiary/aromatic N) is 2. The van der Waals surface area contributed by atoms with Gasteiger partial charge in [-0.15, -0.1) is 35.3 Å². The summed E-state index contributed by atoms with van der Waals surface area (Å²) < 4.78 is 5.28. The molecular formula is C13H25IN4OS. The van der Waals surface area contributed by atoms with Crippen LogP contribution in [-0.4, -0.2) is 37.7 Å². The molecule has 7 heteroatoms. The van der Waals surface area contributed by atoms with Crippen LogP contribution in [0.3, 0.4) is 0 Å². The number of halogens is 1. The summed E-state index contributed by atoms with van der Waals surface area (Å²) in [4.78, 5) is 8.69. The molecule has 0 aliphatic carbocycles. The Morgan fingerprint density at radius 3 is 2.80 bits per heavy atom. The molecule has 0 spiro atoms. The normalized spacial score (nSPS) is 11.1. The number of guanidine groups is 1. The third-order valence-electron chi connectivity index (χ3n) is 2.52. The topological polar surface area (TPSA) is 58.5 Å². The van der Waals surface area contributed by atoms with E-state index in [-0.39, 0.29) is 24.0 Å². The highest BCUT2D eigenvalue weighted by atomic mass is 127. The zero-order chi connectivity index (χ0) is 13.9. The van der Waals surface area contributed by atoms with Crippen molar-refractivity contribution in [2.75, 3.05) is 26.8 Å². The van der Waals surface area contributed by atoms with Crippen molar-refractivity contribution in [3.8, 4) is 0 Å². The van der Waals surface area contributed by atoms with Crippen LogP contribution < -0.4 is 10.6 Å². The minimum Gasteiger partial charge on any atom is -0.382 e. The average molecular weight is 412 g/mol. The second kappa shape index (κ2) is 12.3. The molecule has 2 N–H and O–H groups in total. The van der Waals surface area contributed by atoms with Crippen molar-refractivity contribution in [2.45, 2.75) is 33.2 Å². The lowest BCUT2D eigenvalue weighted by Gasteiger charge is -2.10. The first-order valence-corrected chi connectivity index (χ1v) is 7.63. The largest absolute Gasteiger partial charge is 0.382 e. The minimum atomic E-state index is 0. The Hall–Kier alpha value is -0.410. The summed E-state index contributed by atoms with van der Waals surface area (Å²) in [7, 11) is 1.77. The zero-order valence-corrected chi connectivity index (χ0v) is 15.6. The molecule has 0 amide bonds. The van der Waals surface area contributed by atoms with Crippen LogP contribution in [0.15, 0.2) is 10.4 Å². The number of rotatable bonds is 8. The van der Waals surface area contributed by atoms with Crippen molar-refractivity contribution in [2.24, 2.45) is 4.99 Å². The molecule has 0 aliphatic heterocycles. The average Bonchev–Trinajstić information content (AvgIpc) is 2.90. The number of aliphatic imine (C=N–C) groups is 1. The number of thiazole rings is 1. The van der Waals surface area contributed by atoms with Crippen LogP contribution in [0.2, 0.25) is 0 Å². The lowest BCUT2D eigenvalue weighted by atomic mass is 10.4. The molecule has 0 unspecified atom stereocenters. The highest BCUT2D eigenvalue weighted by Gasteiger charge is 2.02. The van der Waals surface area contributed by atoms with Crippen molar-refractivity contribution in [1.29, 1.82) is 0 Å². The maximum atomic E-state index is 5.28. The molecule has 5 nitrogen and oxygen atoms in total.